The van der Waals surface area contributed by atoms with Gasteiger partial charge in [0.05, 0.1) is 5.52 Å². The third-order valence-corrected chi connectivity index (χ3v) is 4.53. The zero-order chi connectivity index (χ0) is 14.4. The molecule has 0 aliphatic carbocycles. The predicted octanol–water partition coefficient (Wildman–Crippen LogP) is 3.00. The number of benzene rings is 1. The van der Waals surface area contributed by atoms with Crippen LogP contribution in [0, 0.1) is 0 Å². The zero-order valence-corrected chi connectivity index (χ0v) is 12.0. The molecule has 3 heterocycles. The fourth-order valence-electron chi connectivity index (χ4n) is 2.99. The van der Waals surface area contributed by atoms with Crippen LogP contribution in [-0.4, -0.2) is 20.6 Å². The first kappa shape index (κ1) is 12.4. The van der Waals surface area contributed by atoms with E-state index in [1.807, 2.05) is 16.7 Å². The van der Waals surface area contributed by atoms with E-state index in [-0.39, 0.29) is 11.8 Å². The van der Waals surface area contributed by atoms with E-state index in [1.165, 1.54) is 16.9 Å². The topological polar surface area (TPSA) is 67.2 Å². The summed E-state index contributed by atoms with van der Waals surface area (Å²) in [7, 11) is 0. The molecule has 21 heavy (non-hydrogen) atoms. The monoisotopic (exact) mass is 299 g/mol. The SMILES string of the molecule is O=C(Nc1nccs1)c1c(O)n2c3c(cccc13)CCC2. The highest BCUT2D eigenvalue weighted by atomic mass is 32.1. The minimum atomic E-state index is -0.315. The van der Waals surface area contributed by atoms with Crippen molar-refractivity contribution in [3.05, 3.63) is 40.9 Å². The van der Waals surface area contributed by atoms with Gasteiger partial charge >= 0.3 is 0 Å². The van der Waals surface area contributed by atoms with Crippen LogP contribution >= 0.6 is 11.3 Å². The first-order valence-corrected chi connectivity index (χ1v) is 7.67. The molecule has 5 nitrogen and oxygen atoms in total. The quantitative estimate of drug-likeness (QED) is 0.764. The summed E-state index contributed by atoms with van der Waals surface area (Å²) >= 11 is 1.35. The predicted molar refractivity (Wildman–Crippen MR) is 82.0 cm³/mol. The first-order chi connectivity index (χ1) is 10.3. The summed E-state index contributed by atoms with van der Waals surface area (Å²) in [5.74, 6) is -0.267. The molecular formula is C15H13N3O2S. The fraction of sp³-hybridized carbons (Fsp3) is 0.200. The summed E-state index contributed by atoms with van der Waals surface area (Å²) in [6.45, 7) is 0.740. The molecule has 1 amide bonds. The van der Waals surface area contributed by atoms with Crippen molar-refractivity contribution in [1.29, 1.82) is 0 Å². The molecule has 2 aromatic heterocycles. The van der Waals surface area contributed by atoms with Gasteiger partial charge in [0.1, 0.15) is 5.56 Å². The van der Waals surface area contributed by atoms with Crippen molar-refractivity contribution < 1.29 is 9.90 Å². The molecule has 0 saturated heterocycles. The number of aromatic hydroxyl groups is 1. The third kappa shape index (κ3) is 1.83. The zero-order valence-electron chi connectivity index (χ0n) is 11.2. The number of carbonyl (C=O) groups is 1. The average Bonchev–Trinajstić information content (AvgIpc) is 3.08. The van der Waals surface area contributed by atoms with E-state index < -0.39 is 0 Å². The van der Waals surface area contributed by atoms with Crippen molar-refractivity contribution in [2.75, 3.05) is 5.32 Å². The Kier molecular flexibility index (Phi) is 2.71. The minimum Gasteiger partial charge on any atom is -0.494 e. The number of para-hydroxylation sites is 1. The Hall–Kier alpha value is -2.34. The normalized spacial score (nSPS) is 13.5. The lowest BCUT2D eigenvalue weighted by Gasteiger charge is -2.15. The molecule has 0 fully saturated rings. The van der Waals surface area contributed by atoms with Gasteiger partial charge in [0.2, 0.25) is 5.88 Å². The van der Waals surface area contributed by atoms with E-state index in [4.69, 9.17) is 0 Å². The van der Waals surface area contributed by atoms with Crippen LogP contribution < -0.4 is 5.32 Å². The minimum absolute atomic E-state index is 0.0474. The number of anilines is 1. The van der Waals surface area contributed by atoms with Crippen molar-refractivity contribution in [2.45, 2.75) is 19.4 Å². The van der Waals surface area contributed by atoms with Gasteiger partial charge in [-0.3, -0.25) is 10.1 Å². The number of aryl methyl sites for hydroxylation is 2. The van der Waals surface area contributed by atoms with Gasteiger partial charge in [0.25, 0.3) is 5.91 Å². The number of aromatic nitrogens is 2. The number of carbonyl (C=O) groups excluding carboxylic acids is 1. The van der Waals surface area contributed by atoms with Gasteiger partial charge in [-0.1, -0.05) is 18.2 Å². The molecule has 0 radical (unpaired) electrons. The first-order valence-electron chi connectivity index (χ1n) is 6.79. The van der Waals surface area contributed by atoms with Crippen molar-refractivity contribution in [3.63, 3.8) is 0 Å². The summed E-state index contributed by atoms with van der Waals surface area (Å²) in [5, 5.41) is 16.3. The van der Waals surface area contributed by atoms with Crippen LogP contribution in [0.4, 0.5) is 5.13 Å². The van der Waals surface area contributed by atoms with Gasteiger partial charge in [0, 0.05) is 23.5 Å². The molecule has 1 aliphatic rings. The number of nitrogens with zero attached hydrogens (tertiary/aromatic N) is 2. The highest BCUT2D eigenvalue weighted by Crippen LogP contribution is 2.36. The van der Waals surface area contributed by atoms with Crippen molar-refractivity contribution in [3.8, 4) is 5.88 Å². The van der Waals surface area contributed by atoms with Gasteiger partial charge in [-0.15, -0.1) is 11.3 Å². The lowest BCUT2D eigenvalue weighted by Crippen LogP contribution is -2.11. The number of amides is 1. The Morgan fingerprint density at radius 1 is 1.43 bits per heavy atom. The third-order valence-electron chi connectivity index (χ3n) is 3.85. The Bertz CT molecular complexity index is 836. The van der Waals surface area contributed by atoms with E-state index >= 15 is 0 Å². The van der Waals surface area contributed by atoms with Crippen LogP contribution in [0.1, 0.15) is 22.3 Å². The van der Waals surface area contributed by atoms with Gasteiger partial charge in [0.15, 0.2) is 5.13 Å². The van der Waals surface area contributed by atoms with E-state index in [0.29, 0.717) is 10.7 Å². The fourth-order valence-corrected chi connectivity index (χ4v) is 3.51. The Morgan fingerprint density at radius 2 is 2.33 bits per heavy atom. The molecule has 0 unspecified atom stereocenters. The second kappa shape index (κ2) is 4.60. The van der Waals surface area contributed by atoms with Crippen molar-refractivity contribution in [2.24, 2.45) is 0 Å². The number of hydrogen-bond acceptors (Lipinski definition) is 4. The molecule has 1 aromatic carbocycles. The molecule has 4 rings (SSSR count). The highest BCUT2D eigenvalue weighted by Gasteiger charge is 2.26. The maximum Gasteiger partial charge on any atom is 0.263 e. The summed E-state index contributed by atoms with van der Waals surface area (Å²) in [6, 6.07) is 5.88. The van der Waals surface area contributed by atoms with Crippen LogP contribution in [-0.2, 0) is 13.0 Å². The standard InChI is InChI=1S/C15H13N3O2S/c19-13(17-15-16-6-8-21-15)11-10-5-1-3-9-4-2-7-18(12(9)10)14(11)20/h1,3,5-6,8,20H,2,4,7H2,(H,16,17,19). The van der Waals surface area contributed by atoms with E-state index in [1.54, 1.807) is 11.6 Å². The lowest BCUT2D eigenvalue weighted by atomic mass is 10.0. The smallest absolute Gasteiger partial charge is 0.263 e. The van der Waals surface area contributed by atoms with E-state index in [0.717, 1.165) is 30.3 Å². The molecule has 0 spiro atoms. The molecule has 0 bridgehead atoms. The van der Waals surface area contributed by atoms with Crippen molar-refractivity contribution >= 4 is 33.3 Å². The van der Waals surface area contributed by atoms with Crippen LogP contribution in [0.15, 0.2) is 29.8 Å². The highest BCUT2D eigenvalue weighted by molar-refractivity contribution is 7.13. The molecule has 0 saturated carbocycles. The van der Waals surface area contributed by atoms with Crippen LogP contribution in [0.5, 0.6) is 5.88 Å². The van der Waals surface area contributed by atoms with Crippen LogP contribution in [0.25, 0.3) is 10.9 Å². The lowest BCUT2D eigenvalue weighted by molar-refractivity contribution is 0.102. The number of nitrogens with one attached hydrogen (secondary N) is 1. The molecular weight excluding hydrogens is 286 g/mol. The Morgan fingerprint density at radius 3 is 3.14 bits per heavy atom. The van der Waals surface area contributed by atoms with Gasteiger partial charge in [-0.2, -0.15) is 0 Å². The van der Waals surface area contributed by atoms with E-state index in [2.05, 4.69) is 16.4 Å². The Labute approximate surface area is 124 Å². The number of hydrogen-bond donors (Lipinski definition) is 2. The molecule has 6 heteroatoms. The van der Waals surface area contributed by atoms with E-state index in [9.17, 15) is 9.90 Å². The maximum atomic E-state index is 12.5. The summed E-state index contributed by atoms with van der Waals surface area (Å²) < 4.78 is 1.84. The maximum absolute atomic E-state index is 12.5. The number of rotatable bonds is 2. The summed E-state index contributed by atoms with van der Waals surface area (Å²) in [6.07, 6.45) is 3.59. The molecule has 2 N–H and O–H groups in total. The average molecular weight is 299 g/mol. The molecule has 1 aliphatic heterocycles. The largest absolute Gasteiger partial charge is 0.494 e. The Balaban J connectivity index is 1.88. The second-order valence-corrected chi connectivity index (χ2v) is 5.95. The molecule has 3 aromatic rings. The molecule has 106 valence electrons. The van der Waals surface area contributed by atoms with Crippen molar-refractivity contribution in [1.82, 2.24) is 9.55 Å². The van der Waals surface area contributed by atoms with Gasteiger partial charge in [-0.05, 0) is 18.4 Å². The van der Waals surface area contributed by atoms with Gasteiger partial charge < -0.3 is 9.67 Å². The summed E-state index contributed by atoms with van der Waals surface area (Å²) in [4.78, 5) is 16.5. The summed E-state index contributed by atoms with van der Waals surface area (Å²) in [5.41, 5.74) is 2.50. The second-order valence-electron chi connectivity index (χ2n) is 5.06. The van der Waals surface area contributed by atoms with Crippen LogP contribution in [0.2, 0.25) is 0 Å². The number of thiazole rings is 1. The molecule has 0 atom stereocenters. The van der Waals surface area contributed by atoms with Gasteiger partial charge in [-0.25, -0.2) is 4.98 Å². The van der Waals surface area contributed by atoms with Crippen LogP contribution in [0.3, 0.4) is 0 Å².